The van der Waals surface area contributed by atoms with Gasteiger partial charge < -0.3 is 0 Å². The Hall–Kier alpha value is -1.58. The van der Waals surface area contributed by atoms with Gasteiger partial charge in [0.25, 0.3) is 0 Å². The van der Waals surface area contributed by atoms with Gasteiger partial charge in [-0.2, -0.15) is 0 Å². The molecule has 0 saturated heterocycles. The highest BCUT2D eigenvalue weighted by Gasteiger charge is 2.16. The first-order valence-electron chi connectivity index (χ1n) is 6.52. The van der Waals surface area contributed by atoms with Crippen molar-refractivity contribution in [3.05, 3.63) is 58.1 Å². The highest BCUT2D eigenvalue weighted by molar-refractivity contribution is 6.31. The van der Waals surface area contributed by atoms with Gasteiger partial charge in [0.15, 0.2) is 0 Å². The standard InChI is InChI=1S/C16H13Cl2FN2/c1-9-6-15-13(7-12(9)19)20-16(8-17)21(15)14-5-3-4-11(18)10(14)2/h3-7H,8H2,1-2H3. The van der Waals surface area contributed by atoms with Crippen LogP contribution in [0.25, 0.3) is 16.7 Å². The lowest BCUT2D eigenvalue weighted by atomic mass is 10.1. The Morgan fingerprint density at radius 2 is 2.00 bits per heavy atom. The Labute approximate surface area is 132 Å². The van der Waals surface area contributed by atoms with Gasteiger partial charge in [-0.3, -0.25) is 4.57 Å². The van der Waals surface area contributed by atoms with Crippen LogP contribution in [0.5, 0.6) is 0 Å². The molecule has 0 N–H and O–H groups in total. The highest BCUT2D eigenvalue weighted by atomic mass is 35.5. The lowest BCUT2D eigenvalue weighted by Gasteiger charge is -2.12. The Balaban J connectivity index is 2.40. The molecule has 0 aliphatic carbocycles. The van der Waals surface area contributed by atoms with E-state index in [0.29, 0.717) is 21.9 Å². The molecule has 2 aromatic carbocycles. The minimum Gasteiger partial charge on any atom is -0.295 e. The molecule has 108 valence electrons. The zero-order valence-corrected chi connectivity index (χ0v) is 13.1. The monoisotopic (exact) mass is 322 g/mol. The Morgan fingerprint density at radius 1 is 1.24 bits per heavy atom. The van der Waals surface area contributed by atoms with Gasteiger partial charge in [-0.25, -0.2) is 9.37 Å². The smallest absolute Gasteiger partial charge is 0.129 e. The van der Waals surface area contributed by atoms with Crippen LogP contribution >= 0.6 is 23.2 Å². The Bertz CT molecular complexity index is 840. The maximum absolute atomic E-state index is 13.7. The predicted molar refractivity (Wildman–Crippen MR) is 85.1 cm³/mol. The minimum absolute atomic E-state index is 0.237. The van der Waals surface area contributed by atoms with Crippen LogP contribution < -0.4 is 0 Å². The number of fused-ring (bicyclic) bond motifs is 1. The molecule has 3 rings (SSSR count). The highest BCUT2D eigenvalue weighted by Crippen LogP contribution is 2.29. The lowest BCUT2D eigenvalue weighted by Crippen LogP contribution is -2.02. The van der Waals surface area contributed by atoms with Crippen LogP contribution in [0.1, 0.15) is 17.0 Å². The molecule has 21 heavy (non-hydrogen) atoms. The van der Waals surface area contributed by atoms with E-state index < -0.39 is 0 Å². The van der Waals surface area contributed by atoms with E-state index in [1.165, 1.54) is 6.07 Å². The van der Waals surface area contributed by atoms with Crippen molar-refractivity contribution in [2.75, 3.05) is 0 Å². The normalized spacial score (nSPS) is 11.3. The maximum Gasteiger partial charge on any atom is 0.129 e. The quantitative estimate of drug-likeness (QED) is 0.595. The number of aromatic nitrogens is 2. The van der Waals surface area contributed by atoms with Gasteiger partial charge in [-0.1, -0.05) is 17.7 Å². The summed E-state index contributed by atoms with van der Waals surface area (Å²) < 4.78 is 15.7. The summed E-state index contributed by atoms with van der Waals surface area (Å²) in [5.74, 6) is 0.638. The van der Waals surface area contributed by atoms with Crippen LogP contribution in [0.15, 0.2) is 30.3 Å². The van der Waals surface area contributed by atoms with Gasteiger partial charge in [0.05, 0.1) is 22.6 Å². The van der Waals surface area contributed by atoms with E-state index in [1.54, 1.807) is 13.0 Å². The number of halogens is 3. The molecule has 0 aliphatic heterocycles. The van der Waals surface area contributed by atoms with E-state index >= 15 is 0 Å². The molecule has 0 unspecified atom stereocenters. The molecule has 3 aromatic rings. The first-order valence-corrected chi connectivity index (χ1v) is 7.43. The molecule has 0 aliphatic rings. The first kappa shape index (κ1) is 14.4. The van der Waals surface area contributed by atoms with Crippen LogP contribution in [-0.2, 0) is 5.88 Å². The third-order valence-electron chi connectivity index (χ3n) is 3.60. The van der Waals surface area contributed by atoms with E-state index in [0.717, 1.165) is 16.8 Å². The SMILES string of the molecule is Cc1cc2c(cc1F)nc(CCl)n2-c1cccc(Cl)c1C. The van der Waals surface area contributed by atoms with Crippen LogP contribution in [-0.4, -0.2) is 9.55 Å². The molecule has 1 aromatic heterocycles. The summed E-state index contributed by atoms with van der Waals surface area (Å²) >= 11 is 12.2. The summed E-state index contributed by atoms with van der Waals surface area (Å²) in [6.45, 7) is 3.68. The lowest BCUT2D eigenvalue weighted by molar-refractivity contribution is 0.620. The zero-order chi connectivity index (χ0) is 15.1. The number of rotatable bonds is 2. The second kappa shape index (κ2) is 5.32. The van der Waals surface area contributed by atoms with E-state index in [9.17, 15) is 4.39 Å². The van der Waals surface area contributed by atoms with Gasteiger partial charge in [0.2, 0.25) is 0 Å². The Morgan fingerprint density at radius 3 is 2.71 bits per heavy atom. The van der Waals surface area contributed by atoms with Gasteiger partial charge in [-0.15, -0.1) is 11.6 Å². The third-order valence-corrected chi connectivity index (χ3v) is 4.25. The van der Waals surface area contributed by atoms with Gasteiger partial charge in [-0.05, 0) is 43.2 Å². The van der Waals surface area contributed by atoms with Crippen molar-refractivity contribution in [2.24, 2.45) is 0 Å². The summed E-state index contributed by atoms with van der Waals surface area (Å²) in [6, 6.07) is 8.90. The number of aryl methyl sites for hydroxylation is 1. The van der Waals surface area contributed by atoms with Crippen LogP contribution in [0.4, 0.5) is 4.39 Å². The van der Waals surface area contributed by atoms with Crippen molar-refractivity contribution in [2.45, 2.75) is 19.7 Å². The third kappa shape index (κ3) is 2.30. The number of alkyl halides is 1. The summed E-state index contributed by atoms with van der Waals surface area (Å²) in [5.41, 5.74) is 3.84. The van der Waals surface area contributed by atoms with E-state index in [4.69, 9.17) is 23.2 Å². The summed E-state index contributed by atoms with van der Waals surface area (Å²) in [4.78, 5) is 4.43. The van der Waals surface area contributed by atoms with Crippen molar-refractivity contribution in [1.29, 1.82) is 0 Å². The molecule has 0 radical (unpaired) electrons. The number of hydrogen-bond acceptors (Lipinski definition) is 1. The molecular formula is C16H13Cl2FN2. The number of imidazole rings is 1. The molecule has 0 spiro atoms. The first-order chi connectivity index (χ1) is 10.0. The average molecular weight is 323 g/mol. The summed E-state index contributed by atoms with van der Waals surface area (Å²) in [5, 5.41) is 0.675. The molecule has 0 atom stereocenters. The van der Waals surface area contributed by atoms with Gasteiger partial charge in [0.1, 0.15) is 11.6 Å². The molecule has 0 amide bonds. The fourth-order valence-electron chi connectivity index (χ4n) is 2.45. The summed E-state index contributed by atoms with van der Waals surface area (Å²) in [6.07, 6.45) is 0. The molecule has 0 bridgehead atoms. The van der Waals surface area contributed by atoms with Crippen molar-refractivity contribution < 1.29 is 4.39 Å². The average Bonchev–Trinajstić information content (AvgIpc) is 2.80. The van der Waals surface area contributed by atoms with Crippen LogP contribution in [0.3, 0.4) is 0 Å². The van der Waals surface area contributed by atoms with E-state index in [-0.39, 0.29) is 11.7 Å². The fraction of sp³-hybridized carbons (Fsp3) is 0.188. The molecule has 5 heteroatoms. The van der Waals surface area contributed by atoms with Crippen molar-refractivity contribution in [3.8, 4) is 5.69 Å². The molecule has 2 nitrogen and oxygen atoms in total. The number of benzene rings is 2. The zero-order valence-electron chi connectivity index (χ0n) is 11.6. The van der Waals surface area contributed by atoms with Crippen molar-refractivity contribution in [1.82, 2.24) is 9.55 Å². The largest absolute Gasteiger partial charge is 0.295 e. The predicted octanol–water partition coefficient (Wildman–Crippen LogP) is 5.17. The fourth-order valence-corrected chi connectivity index (χ4v) is 2.80. The topological polar surface area (TPSA) is 17.8 Å². The van der Waals surface area contributed by atoms with Crippen LogP contribution in [0.2, 0.25) is 5.02 Å². The molecule has 0 fully saturated rings. The molecule has 0 saturated carbocycles. The van der Waals surface area contributed by atoms with Crippen molar-refractivity contribution >= 4 is 34.2 Å². The van der Waals surface area contributed by atoms with Gasteiger partial charge in [0, 0.05) is 11.1 Å². The number of hydrogen-bond donors (Lipinski definition) is 0. The second-order valence-electron chi connectivity index (χ2n) is 4.97. The van der Waals surface area contributed by atoms with E-state index in [1.807, 2.05) is 29.7 Å². The Kier molecular flexibility index (Phi) is 3.64. The maximum atomic E-state index is 13.7. The molecular weight excluding hydrogens is 310 g/mol. The molecule has 1 heterocycles. The van der Waals surface area contributed by atoms with Gasteiger partial charge >= 0.3 is 0 Å². The van der Waals surface area contributed by atoms with Crippen molar-refractivity contribution in [3.63, 3.8) is 0 Å². The number of nitrogens with zero attached hydrogens (tertiary/aromatic N) is 2. The van der Waals surface area contributed by atoms with E-state index in [2.05, 4.69) is 4.98 Å². The summed E-state index contributed by atoms with van der Waals surface area (Å²) in [7, 11) is 0. The minimum atomic E-state index is -0.268. The second-order valence-corrected chi connectivity index (χ2v) is 5.65. The van der Waals surface area contributed by atoms with Crippen LogP contribution in [0, 0.1) is 19.7 Å².